The molecule has 1 N–H and O–H groups in total. The van der Waals surface area contributed by atoms with Crippen molar-refractivity contribution >= 4 is 39.1 Å². The third-order valence-corrected chi connectivity index (χ3v) is 3.60. The maximum Gasteiger partial charge on any atom is 0.423 e. The summed E-state index contributed by atoms with van der Waals surface area (Å²) in [5.74, 6) is 0. The molecular formula is C14H8BrF3N2O4. The Morgan fingerprint density at radius 3 is 2.21 bits per heavy atom. The van der Waals surface area contributed by atoms with Gasteiger partial charge in [-0.1, -0.05) is 18.2 Å². The highest BCUT2D eigenvalue weighted by molar-refractivity contribution is 9.10. The van der Waals surface area contributed by atoms with Crippen LogP contribution >= 0.6 is 15.9 Å². The number of nitro groups is 1. The number of nitro benzene ring substituents is 1. The molecule has 10 heteroatoms. The predicted molar refractivity (Wildman–Crippen MR) is 82.4 cm³/mol. The number of nitrogens with zero attached hydrogens (tertiary/aromatic N) is 2. The average Bonchev–Trinajstić information content (AvgIpc) is 2.46. The molecule has 0 aliphatic rings. The van der Waals surface area contributed by atoms with E-state index in [2.05, 4.69) is 15.9 Å². The van der Waals surface area contributed by atoms with E-state index in [0.29, 0.717) is 11.0 Å². The predicted octanol–water partition coefficient (Wildman–Crippen LogP) is 5.19. The highest BCUT2D eigenvalue weighted by atomic mass is 79.9. The molecule has 1 amide bonds. The lowest BCUT2D eigenvalue weighted by Crippen LogP contribution is -2.24. The molecule has 0 spiro atoms. The molecule has 126 valence electrons. The molecule has 0 aliphatic heterocycles. The van der Waals surface area contributed by atoms with Crippen LogP contribution in [-0.4, -0.2) is 16.1 Å². The molecule has 0 aromatic heterocycles. The molecule has 2 rings (SSSR count). The Labute approximate surface area is 141 Å². The number of hydrogen-bond acceptors (Lipinski definition) is 3. The van der Waals surface area contributed by atoms with E-state index in [9.17, 15) is 33.2 Å². The van der Waals surface area contributed by atoms with Crippen molar-refractivity contribution in [2.24, 2.45) is 0 Å². The number of amides is 1. The number of hydrogen-bond donors (Lipinski definition) is 1. The lowest BCUT2D eigenvalue weighted by Gasteiger charge is -2.21. The van der Waals surface area contributed by atoms with Gasteiger partial charge in [-0.15, -0.1) is 0 Å². The van der Waals surface area contributed by atoms with Gasteiger partial charge in [0.2, 0.25) is 0 Å². The first kappa shape index (κ1) is 17.7. The SMILES string of the molecule is O=C(O)N(c1ccccc1)c1cc(Br)c([N+](=O)[O-])c(C(F)(F)F)c1. The van der Waals surface area contributed by atoms with Crippen molar-refractivity contribution in [3.05, 3.63) is 62.6 Å². The van der Waals surface area contributed by atoms with Crippen molar-refractivity contribution in [3.63, 3.8) is 0 Å². The van der Waals surface area contributed by atoms with E-state index in [1.165, 1.54) is 24.3 Å². The normalized spacial score (nSPS) is 11.2. The van der Waals surface area contributed by atoms with Crippen LogP contribution in [-0.2, 0) is 6.18 Å². The van der Waals surface area contributed by atoms with Crippen molar-refractivity contribution in [1.29, 1.82) is 0 Å². The lowest BCUT2D eigenvalue weighted by atomic mass is 10.1. The molecule has 24 heavy (non-hydrogen) atoms. The molecule has 0 bridgehead atoms. The van der Waals surface area contributed by atoms with E-state index in [-0.39, 0.29) is 11.4 Å². The van der Waals surface area contributed by atoms with Crippen molar-refractivity contribution in [2.45, 2.75) is 6.18 Å². The van der Waals surface area contributed by atoms with Crippen LogP contribution in [0, 0.1) is 10.1 Å². The largest absolute Gasteiger partial charge is 0.464 e. The smallest absolute Gasteiger partial charge is 0.423 e. The van der Waals surface area contributed by atoms with E-state index in [4.69, 9.17) is 0 Å². The van der Waals surface area contributed by atoms with E-state index >= 15 is 0 Å². The number of halogens is 4. The van der Waals surface area contributed by atoms with Gasteiger partial charge < -0.3 is 5.11 Å². The van der Waals surface area contributed by atoms with Crippen LogP contribution in [0.4, 0.5) is 35.0 Å². The summed E-state index contributed by atoms with van der Waals surface area (Å²) in [5, 5.41) is 20.3. The van der Waals surface area contributed by atoms with Crippen LogP contribution in [0.1, 0.15) is 5.56 Å². The lowest BCUT2D eigenvalue weighted by molar-refractivity contribution is -0.388. The Bertz CT molecular complexity index is 797. The van der Waals surface area contributed by atoms with Crippen LogP contribution in [0.25, 0.3) is 0 Å². The fraction of sp³-hybridized carbons (Fsp3) is 0.0714. The van der Waals surface area contributed by atoms with Crippen molar-refractivity contribution in [2.75, 3.05) is 4.90 Å². The maximum absolute atomic E-state index is 13.1. The topological polar surface area (TPSA) is 83.7 Å². The monoisotopic (exact) mass is 404 g/mol. The minimum atomic E-state index is -5.03. The Morgan fingerprint density at radius 2 is 1.75 bits per heavy atom. The molecule has 0 saturated heterocycles. The van der Waals surface area contributed by atoms with Gasteiger partial charge in [0.05, 0.1) is 20.8 Å². The summed E-state index contributed by atoms with van der Waals surface area (Å²) in [6.07, 6.45) is -6.56. The zero-order valence-electron chi connectivity index (χ0n) is 11.6. The summed E-state index contributed by atoms with van der Waals surface area (Å²) in [5.41, 5.74) is -3.00. The highest BCUT2D eigenvalue weighted by Gasteiger charge is 2.41. The zero-order chi connectivity index (χ0) is 18.1. The van der Waals surface area contributed by atoms with Crippen LogP contribution in [0.5, 0.6) is 0 Å². The van der Waals surface area contributed by atoms with Gasteiger partial charge in [-0.3, -0.25) is 10.1 Å². The quantitative estimate of drug-likeness (QED) is 0.563. The number of rotatable bonds is 3. The summed E-state index contributed by atoms with van der Waals surface area (Å²) < 4.78 is 39.0. The zero-order valence-corrected chi connectivity index (χ0v) is 13.2. The molecule has 6 nitrogen and oxygen atoms in total. The second-order valence-corrected chi connectivity index (χ2v) is 5.39. The standard InChI is InChI=1S/C14H8BrF3N2O4/c15-11-7-9(6-10(14(16,17)18)12(11)20(23)24)19(13(21)22)8-4-2-1-3-5-8/h1-7H,(H,21,22). The summed E-state index contributed by atoms with van der Waals surface area (Å²) in [7, 11) is 0. The Hall–Kier alpha value is -2.62. The van der Waals surface area contributed by atoms with E-state index in [1.807, 2.05) is 0 Å². The number of carbonyl (C=O) groups is 1. The van der Waals surface area contributed by atoms with E-state index in [0.717, 1.165) is 6.07 Å². The third-order valence-electron chi connectivity index (χ3n) is 3.00. The van der Waals surface area contributed by atoms with Gasteiger partial charge in [-0.05, 0) is 40.2 Å². The fourth-order valence-corrected chi connectivity index (χ4v) is 2.66. The van der Waals surface area contributed by atoms with Crippen molar-refractivity contribution in [3.8, 4) is 0 Å². The number of benzene rings is 2. The number of alkyl halides is 3. The number of anilines is 2. The average molecular weight is 405 g/mol. The fourth-order valence-electron chi connectivity index (χ4n) is 2.06. The van der Waals surface area contributed by atoms with Crippen LogP contribution in [0.2, 0.25) is 0 Å². The second kappa shape index (κ2) is 6.48. The molecule has 2 aromatic carbocycles. The Kier molecular flexibility index (Phi) is 4.78. The Morgan fingerprint density at radius 1 is 1.17 bits per heavy atom. The first-order valence-electron chi connectivity index (χ1n) is 6.26. The van der Waals surface area contributed by atoms with Gasteiger partial charge in [0.1, 0.15) is 5.56 Å². The number of carboxylic acid groups (broad SMARTS) is 1. The summed E-state index contributed by atoms with van der Waals surface area (Å²) >= 11 is 2.72. The minimum absolute atomic E-state index is 0.0962. The minimum Gasteiger partial charge on any atom is -0.464 e. The van der Waals surface area contributed by atoms with Gasteiger partial charge >= 0.3 is 12.3 Å². The molecule has 0 heterocycles. The van der Waals surface area contributed by atoms with Gasteiger partial charge in [-0.2, -0.15) is 13.2 Å². The molecular weight excluding hydrogens is 397 g/mol. The maximum atomic E-state index is 13.1. The molecule has 0 aliphatic carbocycles. The molecule has 0 saturated carbocycles. The van der Waals surface area contributed by atoms with Crippen molar-refractivity contribution in [1.82, 2.24) is 0 Å². The molecule has 0 atom stereocenters. The molecule has 0 fully saturated rings. The second-order valence-electron chi connectivity index (χ2n) is 4.53. The summed E-state index contributed by atoms with van der Waals surface area (Å²) in [4.78, 5) is 21.8. The molecule has 0 unspecified atom stereocenters. The van der Waals surface area contributed by atoms with Gasteiger partial charge in [0.25, 0.3) is 5.69 Å². The first-order chi connectivity index (χ1) is 11.1. The van der Waals surface area contributed by atoms with Crippen molar-refractivity contribution < 1.29 is 28.0 Å². The summed E-state index contributed by atoms with van der Waals surface area (Å²) in [6, 6.07) is 8.79. The first-order valence-corrected chi connectivity index (χ1v) is 7.05. The van der Waals surface area contributed by atoms with Crippen LogP contribution in [0.3, 0.4) is 0 Å². The summed E-state index contributed by atoms with van der Waals surface area (Å²) in [6.45, 7) is 0. The van der Waals surface area contributed by atoms with Gasteiger partial charge in [0, 0.05) is 0 Å². The van der Waals surface area contributed by atoms with Crippen LogP contribution < -0.4 is 4.90 Å². The highest BCUT2D eigenvalue weighted by Crippen LogP contribution is 2.43. The van der Waals surface area contributed by atoms with Crippen LogP contribution in [0.15, 0.2) is 46.9 Å². The van der Waals surface area contributed by atoms with Gasteiger partial charge in [0.15, 0.2) is 0 Å². The van der Waals surface area contributed by atoms with E-state index in [1.54, 1.807) is 6.07 Å². The molecule has 0 radical (unpaired) electrons. The number of para-hydroxylation sites is 1. The van der Waals surface area contributed by atoms with Gasteiger partial charge in [-0.25, -0.2) is 9.69 Å². The van der Waals surface area contributed by atoms with E-state index < -0.39 is 32.9 Å². The molecule has 2 aromatic rings. The third kappa shape index (κ3) is 3.48. The Balaban J connectivity index is 2.72.